The summed E-state index contributed by atoms with van der Waals surface area (Å²) in [6.45, 7) is 0. The number of halogens is 2. The molecule has 0 spiro atoms. The third kappa shape index (κ3) is 3.07. The van der Waals surface area contributed by atoms with E-state index in [9.17, 15) is 18.6 Å². The Labute approximate surface area is 134 Å². The molecule has 0 aliphatic rings. The van der Waals surface area contributed by atoms with Crippen molar-refractivity contribution in [2.45, 2.75) is 4.90 Å². The lowest BCUT2D eigenvalue weighted by atomic mass is 10.1. The quantitative estimate of drug-likeness (QED) is 0.722. The van der Waals surface area contributed by atoms with E-state index in [2.05, 4.69) is 20.9 Å². The molecule has 0 aliphatic heterocycles. The summed E-state index contributed by atoms with van der Waals surface area (Å²) in [7, 11) is -3.57. The normalized spacial score (nSPS) is 11.6. The number of sulfone groups is 1. The van der Waals surface area contributed by atoms with Crippen molar-refractivity contribution in [2.24, 2.45) is 0 Å². The molecule has 0 saturated heterocycles. The Kier molecular flexibility index (Phi) is 4.05. The number of nitrogens with zero attached hydrogens (tertiary/aromatic N) is 1. The predicted molar refractivity (Wildman–Crippen MR) is 83.2 cm³/mol. The van der Waals surface area contributed by atoms with Crippen LogP contribution in [0.4, 0.5) is 5.82 Å². The lowest BCUT2D eigenvalue weighted by Crippen LogP contribution is -1.99. The number of benzene rings is 1. The van der Waals surface area contributed by atoms with Gasteiger partial charge in [-0.25, -0.2) is 13.4 Å². The third-order valence-corrected chi connectivity index (χ3v) is 4.86. The summed E-state index contributed by atoms with van der Waals surface area (Å²) in [6.07, 6.45) is 0.986. The number of phenols is 1. The molecule has 1 heterocycles. The van der Waals surface area contributed by atoms with Crippen molar-refractivity contribution in [3.8, 4) is 22.8 Å². The molecule has 0 aliphatic carbocycles. The van der Waals surface area contributed by atoms with E-state index in [1.807, 2.05) is 0 Å². The molecule has 21 heavy (non-hydrogen) atoms. The van der Waals surface area contributed by atoms with E-state index in [0.717, 1.165) is 12.3 Å². The van der Waals surface area contributed by atoms with Crippen molar-refractivity contribution in [2.75, 3.05) is 12.0 Å². The molecule has 6 nitrogen and oxygen atoms in total. The zero-order valence-electron chi connectivity index (χ0n) is 10.6. The number of nitrogens with two attached hydrogens (primary N) is 1. The Balaban J connectivity index is 2.72. The topological polar surface area (TPSA) is 114 Å². The largest absolute Gasteiger partial charge is 0.507 e. The maximum atomic E-state index is 11.5. The van der Waals surface area contributed by atoms with Crippen molar-refractivity contribution < 1.29 is 18.6 Å². The Hall–Kier alpha value is -1.51. The van der Waals surface area contributed by atoms with E-state index in [-0.39, 0.29) is 38.5 Å². The molecule has 9 heteroatoms. The number of hydrogen-bond acceptors (Lipinski definition) is 6. The number of pyridine rings is 1. The summed E-state index contributed by atoms with van der Waals surface area (Å²) in [6, 6.07) is 3.64. The number of hydrogen-bond donors (Lipinski definition) is 3. The van der Waals surface area contributed by atoms with Gasteiger partial charge in [0.05, 0.1) is 15.6 Å². The number of aromatic nitrogens is 1. The molecule has 0 bridgehead atoms. The van der Waals surface area contributed by atoms with Crippen LogP contribution in [0, 0.1) is 0 Å². The van der Waals surface area contributed by atoms with Crippen molar-refractivity contribution >= 4 is 43.2 Å². The smallest absolute Gasteiger partial charge is 0.177 e. The molecule has 0 fully saturated rings. The van der Waals surface area contributed by atoms with E-state index in [0.29, 0.717) is 4.47 Å². The second-order valence-electron chi connectivity index (χ2n) is 4.30. The molecule has 1 aromatic carbocycles. The summed E-state index contributed by atoms with van der Waals surface area (Å²) in [5.74, 6) is -0.669. The van der Waals surface area contributed by atoms with E-state index in [1.54, 1.807) is 0 Å². The van der Waals surface area contributed by atoms with Gasteiger partial charge >= 0.3 is 0 Å². The van der Waals surface area contributed by atoms with Crippen LogP contribution in [0.1, 0.15) is 0 Å². The van der Waals surface area contributed by atoms with Gasteiger partial charge in [0.25, 0.3) is 0 Å². The van der Waals surface area contributed by atoms with Gasteiger partial charge in [-0.05, 0) is 22.0 Å². The maximum absolute atomic E-state index is 11.5. The van der Waals surface area contributed by atoms with Crippen LogP contribution in [0.5, 0.6) is 11.5 Å². The van der Waals surface area contributed by atoms with Crippen molar-refractivity contribution in [3.63, 3.8) is 0 Å². The second kappa shape index (κ2) is 5.36. The highest BCUT2D eigenvalue weighted by atomic mass is 79.9. The molecule has 2 aromatic rings. The van der Waals surface area contributed by atoms with Crippen LogP contribution in [-0.2, 0) is 9.84 Å². The van der Waals surface area contributed by atoms with Gasteiger partial charge in [0.15, 0.2) is 21.4 Å². The van der Waals surface area contributed by atoms with Crippen LogP contribution in [0.15, 0.2) is 27.6 Å². The van der Waals surface area contributed by atoms with Crippen LogP contribution in [0.2, 0.25) is 5.02 Å². The average molecular weight is 394 g/mol. The van der Waals surface area contributed by atoms with Gasteiger partial charge in [0, 0.05) is 28.4 Å². The van der Waals surface area contributed by atoms with Gasteiger partial charge < -0.3 is 15.9 Å². The van der Waals surface area contributed by atoms with Gasteiger partial charge in [-0.15, -0.1) is 0 Å². The molecule has 0 radical (unpaired) electrons. The average Bonchev–Trinajstić information content (AvgIpc) is 2.35. The highest BCUT2D eigenvalue weighted by Gasteiger charge is 2.19. The van der Waals surface area contributed by atoms with Crippen LogP contribution in [0.25, 0.3) is 11.3 Å². The molecule has 1 aromatic heterocycles. The molecule has 2 rings (SSSR count). The van der Waals surface area contributed by atoms with Gasteiger partial charge in [0.1, 0.15) is 5.75 Å². The van der Waals surface area contributed by atoms with E-state index in [1.165, 1.54) is 12.1 Å². The molecule has 0 saturated carbocycles. The van der Waals surface area contributed by atoms with Gasteiger partial charge in [0.2, 0.25) is 0 Å². The lowest BCUT2D eigenvalue weighted by Gasteiger charge is -2.11. The zero-order valence-corrected chi connectivity index (χ0v) is 13.8. The number of nitrogen functional groups attached to an aromatic ring is 1. The Morgan fingerprint density at radius 2 is 1.86 bits per heavy atom. The molecule has 0 atom stereocenters. The maximum Gasteiger partial charge on any atom is 0.177 e. The highest BCUT2D eigenvalue weighted by molar-refractivity contribution is 9.10. The monoisotopic (exact) mass is 392 g/mol. The first-order valence-corrected chi connectivity index (χ1v) is 8.55. The molecule has 0 unspecified atom stereocenters. The molecular weight excluding hydrogens is 384 g/mol. The molecule has 112 valence electrons. The summed E-state index contributed by atoms with van der Waals surface area (Å²) in [5.41, 5.74) is 5.93. The predicted octanol–water partition coefficient (Wildman–Crippen LogP) is 2.56. The minimum Gasteiger partial charge on any atom is -0.507 e. The van der Waals surface area contributed by atoms with E-state index >= 15 is 0 Å². The highest BCUT2D eigenvalue weighted by Crippen LogP contribution is 2.40. The van der Waals surface area contributed by atoms with Crippen LogP contribution in [0.3, 0.4) is 0 Å². The number of aromatic hydroxyl groups is 2. The standard InChI is InChI=1S/C12H10BrClN2O4S/c1-21(19,20)10-4-8(17)5(2-7(10)14)11-6(13)3-9(18)12(15)16-11/h2-4,17-18H,1H3,(H2,15,16). The van der Waals surface area contributed by atoms with Crippen LogP contribution in [-0.4, -0.2) is 29.9 Å². The van der Waals surface area contributed by atoms with Crippen LogP contribution < -0.4 is 5.73 Å². The summed E-state index contributed by atoms with van der Waals surface area (Å²) >= 11 is 9.13. The first-order chi connectivity index (χ1) is 9.61. The minimum atomic E-state index is -3.57. The van der Waals surface area contributed by atoms with E-state index < -0.39 is 9.84 Å². The number of rotatable bonds is 2. The third-order valence-electron chi connectivity index (χ3n) is 2.69. The molecule has 4 N–H and O–H groups in total. The fraction of sp³-hybridized carbons (Fsp3) is 0.0833. The Morgan fingerprint density at radius 3 is 2.43 bits per heavy atom. The van der Waals surface area contributed by atoms with Crippen molar-refractivity contribution in [3.05, 3.63) is 27.7 Å². The van der Waals surface area contributed by atoms with Crippen molar-refractivity contribution in [1.29, 1.82) is 0 Å². The fourth-order valence-electron chi connectivity index (χ4n) is 1.70. The first kappa shape index (κ1) is 15.9. The van der Waals surface area contributed by atoms with Gasteiger partial charge in [-0.3, -0.25) is 0 Å². The SMILES string of the molecule is CS(=O)(=O)c1cc(O)c(-c2nc(N)c(O)cc2Br)cc1Cl. The first-order valence-electron chi connectivity index (χ1n) is 5.49. The summed E-state index contributed by atoms with van der Waals surface area (Å²) in [5, 5.41) is 19.4. The molecule has 0 amide bonds. The number of phenolic OH excluding ortho intramolecular Hbond substituents is 1. The Morgan fingerprint density at radius 1 is 1.24 bits per heavy atom. The number of anilines is 1. The minimum absolute atomic E-state index is 0.0503. The second-order valence-corrected chi connectivity index (χ2v) is 7.54. The van der Waals surface area contributed by atoms with E-state index in [4.69, 9.17) is 17.3 Å². The molecular formula is C12H10BrClN2O4S. The van der Waals surface area contributed by atoms with Gasteiger partial charge in [-0.1, -0.05) is 11.6 Å². The van der Waals surface area contributed by atoms with Crippen molar-refractivity contribution in [1.82, 2.24) is 4.98 Å². The fourth-order valence-corrected chi connectivity index (χ4v) is 3.54. The lowest BCUT2D eigenvalue weighted by molar-refractivity contribution is 0.472. The summed E-state index contributed by atoms with van der Waals surface area (Å²) < 4.78 is 23.5. The van der Waals surface area contributed by atoms with Gasteiger partial charge in [-0.2, -0.15) is 0 Å². The summed E-state index contributed by atoms with van der Waals surface area (Å²) in [4.78, 5) is 3.76. The zero-order chi connectivity index (χ0) is 15.9. The Bertz CT molecular complexity index is 840. The van der Waals surface area contributed by atoms with Crippen LogP contribution >= 0.6 is 27.5 Å².